The molecule has 1 heterocycles. The molecule has 1 aromatic carbocycles. The highest BCUT2D eigenvalue weighted by atomic mass is 16.1. The van der Waals surface area contributed by atoms with E-state index in [1.807, 2.05) is 54.1 Å². The van der Waals surface area contributed by atoms with E-state index >= 15 is 0 Å². The molecule has 0 spiro atoms. The number of nitrogens with zero attached hydrogens (tertiary/aromatic N) is 1. The molecule has 20 heavy (non-hydrogen) atoms. The predicted octanol–water partition coefficient (Wildman–Crippen LogP) is 2.54. The number of hydrogen-bond acceptors (Lipinski definition) is 2. The Morgan fingerprint density at radius 1 is 1.25 bits per heavy atom. The van der Waals surface area contributed by atoms with Crippen molar-refractivity contribution in [2.45, 2.75) is 26.9 Å². The van der Waals surface area contributed by atoms with Gasteiger partial charge in [0.05, 0.1) is 0 Å². The number of aryl methyl sites for hydroxylation is 1. The summed E-state index contributed by atoms with van der Waals surface area (Å²) in [5, 5.41) is 6.19. The number of nitrogens with one attached hydrogen (secondary N) is 2. The second-order valence-electron chi connectivity index (χ2n) is 4.83. The summed E-state index contributed by atoms with van der Waals surface area (Å²) < 4.78 is 1.97. The van der Waals surface area contributed by atoms with Gasteiger partial charge in [-0.25, -0.2) is 0 Å². The molecular weight excluding hydrogens is 250 g/mol. The van der Waals surface area contributed by atoms with Crippen LogP contribution in [0.1, 0.15) is 18.2 Å². The summed E-state index contributed by atoms with van der Waals surface area (Å²) in [5.41, 5.74) is 3.10. The zero-order valence-corrected chi connectivity index (χ0v) is 12.0. The van der Waals surface area contributed by atoms with Crippen LogP contribution in [0, 0.1) is 6.92 Å². The van der Waals surface area contributed by atoms with Gasteiger partial charge in [-0.15, -0.1) is 0 Å². The number of hydrogen-bond donors (Lipinski definition) is 2. The van der Waals surface area contributed by atoms with Crippen LogP contribution in [0.5, 0.6) is 0 Å². The minimum absolute atomic E-state index is 0.00968. The summed E-state index contributed by atoms with van der Waals surface area (Å²) in [4.78, 5) is 12.1. The molecule has 0 unspecified atom stereocenters. The molecule has 0 aliphatic heterocycles. The normalized spacial score (nSPS) is 10.5. The second kappa shape index (κ2) is 6.91. The fourth-order valence-corrected chi connectivity index (χ4v) is 2.10. The Bertz CT molecular complexity index is 575. The van der Waals surface area contributed by atoms with Gasteiger partial charge in [-0.3, -0.25) is 4.79 Å². The van der Waals surface area contributed by atoms with E-state index in [-0.39, 0.29) is 5.91 Å². The first-order valence-corrected chi connectivity index (χ1v) is 6.90. The van der Waals surface area contributed by atoms with Crippen molar-refractivity contribution in [1.82, 2.24) is 9.88 Å². The Morgan fingerprint density at radius 2 is 2.10 bits per heavy atom. The first-order chi connectivity index (χ1) is 9.69. The topological polar surface area (TPSA) is 46.1 Å². The van der Waals surface area contributed by atoms with E-state index < -0.39 is 0 Å². The van der Waals surface area contributed by atoms with Gasteiger partial charge in [0.1, 0.15) is 6.54 Å². The van der Waals surface area contributed by atoms with Gasteiger partial charge in [0.25, 0.3) is 0 Å². The third-order valence-electron chi connectivity index (χ3n) is 3.10. The lowest BCUT2D eigenvalue weighted by Gasteiger charge is -2.10. The Hall–Kier alpha value is -2.07. The van der Waals surface area contributed by atoms with Crippen LogP contribution in [-0.4, -0.2) is 17.0 Å². The quantitative estimate of drug-likeness (QED) is 0.848. The Morgan fingerprint density at radius 3 is 2.85 bits per heavy atom. The van der Waals surface area contributed by atoms with E-state index in [2.05, 4.69) is 17.6 Å². The zero-order valence-electron chi connectivity index (χ0n) is 12.0. The number of aromatic nitrogens is 1. The smallest absolute Gasteiger partial charge is 0.244 e. The molecule has 4 heteroatoms. The summed E-state index contributed by atoms with van der Waals surface area (Å²) in [6, 6.07) is 11.8. The molecule has 0 saturated carbocycles. The number of rotatable bonds is 6. The van der Waals surface area contributed by atoms with Gasteiger partial charge in [-0.2, -0.15) is 0 Å². The average molecular weight is 271 g/mol. The van der Waals surface area contributed by atoms with E-state index in [0.29, 0.717) is 6.54 Å². The highest BCUT2D eigenvalue weighted by Gasteiger charge is 2.06. The largest absolute Gasteiger partial charge is 0.341 e. The van der Waals surface area contributed by atoms with Gasteiger partial charge in [-0.1, -0.05) is 19.1 Å². The summed E-state index contributed by atoms with van der Waals surface area (Å²) >= 11 is 0. The van der Waals surface area contributed by atoms with Crippen LogP contribution in [-0.2, 0) is 17.9 Å². The van der Waals surface area contributed by atoms with Crippen LogP contribution in [0.25, 0.3) is 0 Å². The maximum Gasteiger partial charge on any atom is 0.244 e. The number of carbonyl (C=O) groups is 1. The Balaban J connectivity index is 1.96. The lowest BCUT2D eigenvalue weighted by molar-refractivity contribution is -0.116. The lowest BCUT2D eigenvalue weighted by atomic mass is 10.2. The van der Waals surface area contributed by atoms with Crippen molar-refractivity contribution in [1.29, 1.82) is 0 Å². The van der Waals surface area contributed by atoms with Crippen molar-refractivity contribution in [2.75, 3.05) is 11.9 Å². The van der Waals surface area contributed by atoms with Gasteiger partial charge in [0, 0.05) is 24.1 Å². The monoisotopic (exact) mass is 271 g/mol. The van der Waals surface area contributed by atoms with Gasteiger partial charge >= 0.3 is 0 Å². The summed E-state index contributed by atoms with van der Waals surface area (Å²) in [6.45, 7) is 6.11. The van der Waals surface area contributed by atoms with Crippen molar-refractivity contribution < 1.29 is 4.79 Å². The van der Waals surface area contributed by atoms with Crippen molar-refractivity contribution in [3.8, 4) is 0 Å². The van der Waals surface area contributed by atoms with Crippen LogP contribution in [0.3, 0.4) is 0 Å². The number of anilines is 1. The molecule has 0 aliphatic carbocycles. The fraction of sp³-hybridized carbons (Fsp3) is 0.312. The molecule has 1 aromatic heterocycles. The Labute approximate surface area is 119 Å². The molecule has 0 bridgehead atoms. The van der Waals surface area contributed by atoms with E-state index in [0.717, 1.165) is 30.0 Å². The van der Waals surface area contributed by atoms with Crippen molar-refractivity contribution in [2.24, 2.45) is 0 Å². The molecule has 0 saturated heterocycles. The minimum Gasteiger partial charge on any atom is -0.341 e. The summed E-state index contributed by atoms with van der Waals surface area (Å²) in [7, 11) is 0. The molecule has 2 rings (SSSR count). The van der Waals surface area contributed by atoms with E-state index in [4.69, 9.17) is 0 Å². The molecule has 0 radical (unpaired) electrons. The first kappa shape index (κ1) is 14.3. The molecule has 0 fully saturated rings. The van der Waals surface area contributed by atoms with Crippen LogP contribution < -0.4 is 10.6 Å². The van der Waals surface area contributed by atoms with Gasteiger partial charge in [0.2, 0.25) is 5.91 Å². The molecule has 2 aromatic rings. The van der Waals surface area contributed by atoms with Gasteiger partial charge in [0.15, 0.2) is 0 Å². The first-order valence-electron chi connectivity index (χ1n) is 6.90. The summed E-state index contributed by atoms with van der Waals surface area (Å²) in [5.74, 6) is -0.00968. The zero-order chi connectivity index (χ0) is 14.4. The number of carbonyl (C=O) groups excluding carboxylic acids is 1. The average Bonchev–Trinajstić information content (AvgIpc) is 2.83. The predicted molar refractivity (Wildman–Crippen MR) is 81.6 cm³/mol. The minimum atomic E-state index is -0.00968. The molecule has 0 aliphatic rings. The molecular formula is C16H21N3O. The number of amides is 1. The molecule has 4 nitrogen and oxygen atoms in total. The van der Waals surface area contributed by atoms with Crippen LogP contribution in [0.15, 0.2) is 42.6 Å². The molecule has 0 atom stereocenters. The van der Waals surface area contributed by atoms with Crippen molar-refractivity contribution in [3.63, 3.8) is 0 Å². The number of benzene rings is 1. The molecule has 2 N–H and O–H groups in total. The van der Waals surface area contributed by atoms with Crippen molar-refractivity contribution >= 4 is 11.6 Å². The SMILES string of the molecule is CCNCc1cccn1CC(=O)Nc1cccc(C)c1. The lowest BCUT2D eigenvalue weighted by Crippen LogP contribution is -2.21. The highest BCUT2D eigenvalue weighted by Crippen LogP contribution is 2.10. The van der Waals surface area contributed by atoms with Gasteiger partial charge < -0.3 is 15.2 Å². The van der Waals surface area contributed by atoms with Crippen molar-refractivity contribution in [3.05, 3.63) is 53.9 Å². The Kier molecular flexibility index (Phi) is 4.96. The third-order valence-corrected chi connectivity index (χ3v) is 3.10. The summed E-state index contributed by atoms with van der Waals surface area (Å²) in [6.07, 6.45) is 1.93. The third kappa shape index (κ3) is 3.96. The second-order valence-corrected chi connectivity index (χ2v) is 4.83. The van der Waals surface area contributed by atoms with Crippen LogP contribution >= 0.6 is 0 Å². The maximum atomic E-state index is 12.1. The molecule has 106 valence electrons. The fourth-order valence-electron chi connectivity index (χ4n) is 2.10. The van der Waals surface area contributed by atoms with E-state index in [1.54, 1.807) is 0 Å². The van der Waals surface area contributed by atoms with Crippen LogP contribution in [0.2, 0.25) is 0 Å². The molecule has 1 amide bonds. The highest BCUT2D eigenvalue weighted by molar-refractivity contribution is 5.90. The van der Waals surface area contributed by atoms with E-state index in [1.165, 1.54) is 0 Å². The van der Waals surface area contributed by atoms with Crippen LogP contribution in [0.4, 0.5) is 5.69 Å². The standard InChI is InChI=1S/C16H21N3O/c1-3-17-11-15-8-5-9-19(15)12-16(20)18-14-7-4-6-13(2)10-14/h4-10,17H,3,11-12H2,1-2H3,(H,18,20). The van der Waals surface area contributed by atoms with E-state index in [9.17, 15) is 4.79 Å². The van der Waals surface area contributed by atoms with Gasteiger partial charge in [-0.05, 0) is 43.3 Å². The maximum absolute atomic E-state index is 12.1.